The number of esters is 1. The van der Waals surface area contributed by atoms with Crippen molar-refractivity contribution in [1.29, 1.82) is 0 Å². The Bertz CT molecular complexity index is 429. The van der Waals surface area contributed by atoms with Crippen LogP contribution in [-0.4, -0.2) is 5.97 Å². The predicted octanol–water partition coefficient (Wildman–Crippen LogP) is 12.0. The molecule has 0 saturated heterocycles. The maximum absolute atomic E-state index is 11.6. The second-order valence-corrected chi connectivity index (χ2v) is 10.9. The summed E-state index contributed by atoms with van der Waals surface area (Å²) in [4.78, 5) is 11.6. The molecule has 0 saturated carbocycles. The van der Waals surface area contributed by atoms with Gasteiger partial charge in [-0.15, -0.1) is 0 Å². The summed E-state index contributed by atoms with van der Waals surface area (Å²) in [5, 5.41) is 0. The van der Waals surface area contributed by atoms with Crippen LogP contribution in [0.1, 0.15) is 194 Å². The van der Waals surface area contributed by atoms with Gasteiger partial charge >= 0.3 is 5.97 Å². The van der Waals surface area contributed by atoms with Crippen LogP contribution in [0.3, 0.4) is 0 Å². The van der Waals surface area contributed by atoms with Crippen molar-refractivity contribution < 1.29 is 9.53 Å². The van der Waals surface area contributed by atoms with Gasteiger partial charge in [0.1, 0.15) is 0 Å². The molecule has 0 aliphatic heterocycles. The third-order valence-electron chi connectivity index (χ3n) is 7.25. The average Bonchev–Trinajstić information content (AvgIpc) is 2.86. The highest BCUT2D eigenvalue weighted by Gasteiger charge is 2.00. The minimum absolute atomic E-state index is 0.0726. The van der Waals surface area contributed by atoms with Gasteiger partial charge in [-0.1, -0.05) is 168 Å². The number of hydrogen-bond acceptors (Lipinski definition) is 2. The van der Waals surface area contributed by atoms with E-state index in [2.05, 4.69) is 13.8 Å². The van der Waals surface area contributed by atoms with E-state index in [-0.39, 0.29) is 5.97 Å². The number of hydrogen-bond donors (Lipinski definition) is 0. The Hall–Kier alpha value is -0.790. The van der Waals surface area contributed by atoms with Crippen molar-refractivity contribution in [1.82, 2.24) is 0 Å². The molecule has 0 fully saturated rings. The summed E-state index contributed by atoms with van der Waals surface area (Å²) in [6.45, 7) is 4.47. The van der Waals surface area contributed by atoms with Gasteiger partial charge in [0.05, 0.1) is 6.26 Å². The third kappa shape index (κ3) is 31.2. The molecule has 2 nitrogen and oxygen atoms in total. The normalized spacial score (nSPS) is 11.5. The molecule has 0 radical (unpaired) electrons. The fourth-order valence-corrected chi connectivity index (χ4v) is 4.80. The quantitative estimate of drug-likeness (QED) is 0.0589. The van der Waals surface area contributed by atoms with Crippen molar-refractivity contribution in [3.8, 4) is 0 Å². The van der Waals surface area contributed by atoms with E-state index >= 15 is 0 Å². The van der Waals surface area contributed by atoms with Gasteiger partial charge in [0.25, 0.3) is 0 Å². The minimum atomic E-state index is -0.0726. The first kappa shape index (κ1) is 34.2. The van der Waals surface area contributed by atoms with Crippen molar-refractivity contribution in [3.05, 3.63) is 12.3 Å². The van der Waals surface area contributed by atoms with E-state index < -0.39 is 0 Å². The predicted molar refractivity (Wildman–Crippen MR) is 156 cm³/mol. The summed E-state index contributed by atoms with van der Waals surface area (Å²) in [6.07, 6.45) is 41.0. The topological polar surface area (TPSA) is 26.3 Å². The number of allylic oxidation sites excluding steroid dienone is 1. The molecule has 0 rings (SSSR count). The van der Waals surface area contributed by atoms with Gasteiger partial charge in [-0.05, 0) is 25.3 Å². The molecule has 0 aromatic heterocycles. The van der Waals surface area contributed by atoms with E-state index in [0.717, 1.165) is 25.7 Å². The molecule has 0 heterocycles. The molecule has 0 atom stereocenters. The zero-order chi connectivity index (χ0) is 25.5. The van der Waals surface area contributed by atoms with Gasteiger partial charge < -0.3 is 4.74 Å². The first-order chi connectivity index (χ1) is 17.3. The molecule has 0 unspecified atom stereocenters. The minimum Gasteiger partial charge on any atom is -0.435 e. The molecule has 0 N–H and O–H groups in total. The van der Waals surface area contributed by atoms with Crippen molar-refractivity contribution in [2.24, 2.45) is 0 Å². The van der Waals surface area contributed by atoms with Crippen LogP contribution in [0.25, 0.3) is 0 Å². The summed E-state index contributed by atoms with van der Waals surface area (Å²) in [5.41, 5.74) is 0. The Kier molecular flexibility index (Phi) is 30.5. The van der Waals surface area contributed by atoms with Crippen LogP contribution in [0, 0.1) is 0 Å². The number of rotatable bonds is 29. The van der Waals surface area contributed by atoms with Crippen LogP contribution in [0.4, 0.5) is 0 Å². The maximum atomic E-state index is 11.6. The Morgan fingerprint density at radius 3 is 1.11 bits per heavy atom. The van der Waals surface area contributed by atoms with Crippen molar-refractivity contribution in [3.63, 3.8) is 0 Å². The van der Waals surface area contributed by atoms with Gasteiger partial charge in [0, 0.05) is 6.42 Å². The Morgan fingerprint density at radius 2 is 0.771 bits per heavy atom. The molecule has 0 aliphatic rings. The molecule has 0 spiro atoms. The summed E-state index contributed by atoms with van der Waals surface area (Å²) in [7, 11) is 0. The number of carbonyl (C=O) groups excluding carboxylic acids is 1. The SMILES string of the molecule is CCCC/C=C/OC(=O)CCCCCCCCCCCCCCCCCCCCCCCCCC. The molecular weight excluding hydrogens is 428 g/mol. The summed E-state index contributed by atoms with van der Waals surface area (Å²) in [6, 6.07) is 0. The smallest absolute Gasteiger partial charge is 0.310 e. The lowest BCUT2D eigenvalue weighted by Gasteiger charge is -2.04. The lowest BCUT2D eigenvalue weighted by Crippen LogP contribution is -1.98. The second-order valence-electron chi connectivity index (χ2n) is 10.9. The third-order valence-corrected chi connectivity index (χ3v) is 7.25. The Labute approximate surface area is 221 Å². The number of carbonyl (C=O) groups is 1. The van der Waals surface area contributed by atoms with E-state index in [4.69, 9.17) is 4.74 Å². The van der Waals surface area contributed by atoms with E-state index in [1.165, 1.54) is 148 Å². The highest BCUT2D eigenvalue weighted by Crippen LogP contribution is 2.15. The van der Waals surface area contributed by atoms with E-state index in [0.29, 0.717) is 6.42 Å². The Balaban J connectivity index is 3.11. The lowest BCUT2D eigenvalue weighted by atomic mass is 10.0. The monoisotopic (exact) mass is 492 g/mol. The van der Waals surface area contributed by atoms with Crippen molar-refractivity contribution in [2.45, 2.75) is 194 Å². The van der Waals surface area contributed by atoms with Crippen LogP contribution in [0.5, 0.6) is 0 Å². The van der Waals surface area contributed by atoms with Gasteiger partial charge in [-0.2, -0.15) is 0 Å². The van der Waals surface area contributed by atoms with Gasteiger partial charge in [-0.25, -0.2) is 0 Å². The molecule has 0 aromatic carbocycles. The zero-order valence-corrected chi connectivity index (χ0v) is 24.3. The number of ether oxygens (including phenoxy) is 1. The van der Waals surface area contributed by atoms with E-state index in [1.807, 2.05) is 6.08 Å². The van der Waals surface area contributed by atoms with Crippen LogP contribution in [-0.2, 0) is 9.53 Å². The van der Waals surface area contributed by atoms with E-state index in [9.17, 15) is 4.79 Å². The maximum Gasteiger partial charge on any atom is 0.310 e. The van der Waals surface area contributed by atoms with Crippen LogP contribution in [0.2, 0.25) is 0 Å². The van der Waals surface area contributed by atoms with Crippen LogP contribution in [0.15, 0.2) is 12.3 Å². The van der Waals surface area contributed by atoms with Gasteiger partial charge in [0.15, 0.2) is 0 Å². The second kappa shape index (κ2) is 31.2. The molecule has 2 heteroatoms. The van der Waals surface area contributed by atoms with E-state index in [1.54, 1.807) is 6.26 Å². The molecule has 0 aliphatic carbocycles. The van der Waals surface area contributed by atoms with Crippen molar-refractivity contribution in [2.75, 3.05) is 0 Å². The largest absolute Gasteiger partial charge is 0.435 e. The van der Waals surface area contributed by atoms with Gasteiger partial charge in [0.2, 0.25) is 0 Å². The number of unbranched alkanes of at least 4 members (excludes halogenated alkanes) is 25. The molecule has 35 heavy (non-hydrogen) atoms. The fraction of sp³-hybridized carbons (Fsp3) is 0.909. The molecule has 208 valence electrons. The summed E-state index contributed by atoms with van der Waals surface area (Å²) in [5.74, 6) is -0.0726. The van der Waals surface area contributed by atoms with Crippen LogP contribution >= 0.6 is 0 Å². The van der Waals surface area contributed by atoms with Crippen molar-refractivity contribution >= 4 is 5.97 Å². The standard InChI is InChI=1S/C33H64O2/c1-3-5-7-9-10-11-12-13-14-15-16-17-18-19-20-21-22-23-24-25-26-27-28-29-31-33(34)35-32-30-8-6-4-2/h30,32H,3-29,31H2,1-2H3/b32-30+. The Morgan fingerprint density at radius 1 is 0.457 bits per heavy atom. The highest BCUT2D eigenvalue weighted by molar-refractivity contribution is 5.69. The molecular formula is C33H64O2. The highest BCUT2D eigenvalue weighted by atomic mass is 16.5. The van der Waals surface area contributed by atoms with Gasteiger partial charge in [-0.3, -0.25) is 4.79 Å². The first-order valence-electron chi connectivity index (χ1n) is 16.2. The molecule has 0 bridgehead atoms. The molecule has 0 aromatic rings. The lowest BCUT2D eigenvalue weighted by molar-refractivity contribution is -0.138. The summed E-state index contributed by atoms with van der Waals surface area (Å²) >= 11 is 0. The average molecular weight is 493 g/mol. The fourth-order valence-electron chi connectivity index (χ4n) is 4.80. The molecule has 0 amide bonds. The summed E-state index contributed by atoms with van der Waals surface area (Å²) < 4.78 is 5.12. The van der Waals surface area contributed by atoms with Crippen LogP contribution < -0.4 is 0 Å². The zero-order valence-electron chi connectivity index (χ0n) is 24.3. The first-order valence-corrected chi connectivity index (χ1v) is 16.2.